The number of nitrogens with one attached hydrogen (secondary N) is 3. The fourth-order valence-electron chi connectivity index (χ4n) is 3.06. The summed E-state index contributed by atoms with van der Waals surface area (Å²) in [5.74, 6) is 0.382. The lowest BCUT2D eigenvalue weighted by Gasteiger charge is -2.27. The number of hydrogen-bond acceptors (Lipinski definition) is 6. The molecule has 0 radical (unpaired) electrons. The summed E-state index contributed by atoms with van der Waals surface area (Å²) in [5.41, 5.74) is 12.4. The lowest BCUT2D eigenvalue weighted by atomic mass is 10.1. The molecule has 1 fully saturated rings. The van der Waals surface area contributed by atoms with Crippen LogP contribution in [0.15, 0.2) is 29.3 Å². The Balaban J connectivity index is 1.96. The molecule has 0 amide bonds. The van der Waals surface area contributed by atoms with Gasteiger partial charge in [0, 0.05) is 58.9 Å². The second-order valence-corrected chi connectivity index (χ2v) is 6.63. The maximum atomic E-state index is 9.45. The summed E-state index contributed by atoms with van der Waals surface area (Å²) in [7, 11) is 0. The standard InChI is InChI=1S/C18H33N7O/c19-18(20)24-16(13-15-1-3-17(26)4-2-15)14-25-11-9-22-7-5-21-6-8-23-10-12-25/h1-4,16,21-23,26H,5-14H2,(H4,19,20,24). The SMILES string of the molecule is NC(N)=NC(Cc1ccc(O)cc1)CN1CCNCCNCCNCC1. The highest BCUT2D eigenvalue weighted by atomic mass is 16.3. The van der Waals surface area contributed by atoms with Crippen molar-refractivity contribution in [2.45, 2.75) is 12.5 Å². The molecule has 8 heteroatoms. The molecule has 0 saturated carbocycles. The van der Waals surface area contributed by atoms with Crippen LogP contribution in [-0.4, -0.2) is 80.9 Å². The van der Waals surface area contributed by atoms with Gasteiger partial charge >= 0.3 is 0 Å². The third kappa shape index (κ3) is 8.48. The van der Waals surface area contributed by atoms with E-state index in [0.29, 0.717) is 0 Å². The Labute approximate surface area is 156 Å². The Hall–Kier alpha value is -1.87. The molecule has 1 heterocycles. The molecule has 0 aliphatic carbocycles. The number of nitrogens with two attached hydrogens (primary N) is 2. The molecular weight excluding hydrogens is 330 g/mol. The van der Waals surface area contributed by atoms with Gasteiger partial charge in [-0.1, -0.05) is 12.1 Å². The van der Waals surface area contributed by atoms with Crippen LogP contribution in [0.5, 0.6) is 5.75 Å². The van der Waals surface area contributed by atoms with Crippen LogP contribution in [0.1, 0.15) is 5.56 Å². The highest BCUT2D eigenvalue weighted by Gasteiger charge is 2.15. The van der Waals surface area contributed by atoms with Crippen molar-refractivity contribution >= 4 is 5.96 Å². The Morgan fingerprint density at radius 1 is 0.962 bits per heavy atom. The van der Waals surface area contributed by atoms with Crippen molar-refractivity contribution in [3.05, 3.63) is 29.8 Å². The Bertz CT molecular complexity index is 519. The minimum Gasteiger partial charge on any atom is -0.508 e. The molecule has 2 rings (SSSR count). The zero-order valence-electron chi connectivity index (χ0n) is 15.5. The van der Waals surface area contributed by atoms with Crippen LogP contribution >= 0.6 is 0 Å². The fourth-order valence-corrected chi connectivity index (χ4v) is 3.06. The van der Waals surface area contributed by atoms with Crippen LogP contribution in [0.25, 0.3) is 0 Å². The zero-order valence-corrected chi connectivity index (χ0v) is 15.5. The van der Waals surface area contributed by atoms with Gasteiger partial charge in [0.25, 0.3) is 0 Å². The van der Waals surface area contributed by atoms with Gasteiger partial charge in [0.2, 0.25) is 0 Å². The van der Waals surface area contributed by atoms with E-state index < -0.39 is 0 Å². The molecule has 146 valence electrons. The maximum absolute atomic E-state index is 9.45. The number of guanidine groups is 1. The summed E-state index contributed by atoms with van der Waals surface area (Å²) >= 11 is 0. The number of nitrogens with zero attached hydrogens (tertiary/aromatic N) is 2. The summed E-state index contributed by atoms with van der Waals surface area (Å²) in [5, 5.41) is 19.8. The van der Waals surface area contributed by atoms with Crippen molar-refractivity contribution in [2.75, 3.05) is 58.9 Å². The van der Waals surface area contributed by atoms with Crippen molar-refractivity contribution in [3.8, 4) is 5.75 Å². The molecule has 1 saturated heterocycles. The summed E-state index contributed by atoms with van der Waals surface area (Å²) in [6.45, 7) is 8.49. The molecule has 8 nitrogen and oxygen atoms in total. The fraction of sp³-hybridized carbons (Fsp3) is 0.611. The molecule has 0 bridgehead atoms. The van der Waals surface area contributed by atoms with Crippen LogP contribution in [0.2, 0.25) is 0 Å². The predicted molar refractivity (Wildman–Crippen MR) is 106 cm³/mol. The number of phenolic OH excluding ortho intramolecular Hbond substituents is 1. The van der Waals surface area contributed by atoms with Crippen LogP contribution in [0.3, 0.4) is 0 Å². The molecule has 0 spiro atoms. The molecule has 0 aromatic heterocycles. The van der Waals surface area contributed by atoms with E-state index in [4.69, 9.17) is 11.5 Å². The first-order valence-corrected chi connectivity index (χ1v) is 9.34. The van der Waals surface area contributed by atoms with E-state index in [9.17, 15) is 5.11 Å². The summed E-state index contributed by atoms with van der Waals surface area (Å²) in [6, 6.07) is 7.20. The number of aliphatic imine (C=N–C) groups is 1. The van der Waals surface area contributed by atoms with Crippen LogP contribution in [0.4, 0.5) is 0 Å². The van der Waals surface area contributed by atoms with E-state index in [-0.39, 0.29) is 17.8 Å². The average Bonchev–Trinajstić information content (AvgIpc) is 2.59. The van der Waals surface area contributed by atoms with Gasteiger partial charge in [-0.05, 0) is 24.1 Å². The first-order chi connectivity index (χ1) is 12.6. The van der Waals surface area contributed by atoms with Crippen molar-refractivity contribution in [1.29, 1.82) is 0 Å². The normalized spacial score (nSPS) is 19.1. The van der Waals surface area contributed by atoms with Crippen molar-refractivity contribution in [3.63, 3.8) is 0 Å². The number of hydrogen-bond donors (Lipinski definition) is 6. The minimum atomic E-state index is -0.0147. The van der Waals surface area contributed by atoms with Crippen molar-refractivity contribution in [1.82, 2.24) is 20.9 Å². The van der Waals surface area contributed by atoms with Gasteiger partial charge in [0.05, 0.1) is 6.04 Å². The van der Waals surface area contributed by atoms with Crippen LogP contribution in [0, 0.1) is 0 Å². The molecule has 8 N–H and O–H groups in total. The minimum absolute atomic E-state index is 0.0147. The van der Waals surface area contributed by atoms with E-state index in [2.05, 4.69) is 25.8 Å². The number of rotatable bonds is 5. The largest absolute Gasteiger partial charge is 0.508 e. The molecule has 1 aromatic rings. The van der Waals surface area contributed by atoms with E-state index in [0.717, 1.165) is 70.9 Å². The maximum Gasteiger partial charge on any atom is 0.186 e. The molecule has 26 heavy (non-hydrogen) atoms. The third-order valence-corrected chi connectivity index (χ3v) is 4.37. The lowest BCUT2D eigenvalue weighted by Crippen LogP contribution is -2.44. The van der Waals surface area contributed by atoms with Gasteiger partial charge in [-0.15, -0.1) is 0 Å². The van der Waals surface area contributed by atoms with Crippen molar-refractivity contribution < 1.29 is 5.11 Å². The van der Waals surface area contributed by atoms with Gasteiger partial charge in [-0.25, -0.2) is 4.99 Å². The Morgan fingerprint density at radius 3 is 2.04 bits per heavy atom. The van der Waals surface area contributed by atoms with Crippen molar-refractivity contribution in [2.24, 2.45) is 16.5 Å². The van der Waals surface area contributed by atoms with Gasteiger partial charge in [0.15, 0.2) is 5.96 Å². The summed E-state index contributed by atoms with van der Waals surface area (Å²) in [6.07, 6.45) is 0.736. The van der Waals surface area contributed by atoms with Gasteiger partial charge < -0.3 is 32.5 Å². The number of phenols is 1. The number of benzene rings is 1. The van der Waals surface area contributed by atoms with Crippen LogP contribution in [-0.2, 0) is 6.42 Å². The summed E-state index contributed by atoms with van der Waals surface area (Å²) < 4.78 is 0. The predicted octanol–water partition coefficient (Wildman–Crippen LogP) is -1.34. The number of aromatic hydroxyl groups is 1. The van der Waals surface area contributed by atoms with Crippen LogP contribution < -0.4 is 27.4 Å². The first kappa shape index (κ1) is 20.4. The molecule has 1 aliphatic heterocycles. The average molecular weight is 364 g/mol. The van der Waals surface area contributed by atoms with Gasteiger partial charge in [0.1, 0.15) is 5.75 Å². The van der Waals surface area contributed by atoms with E-state index in [1.165, 1.54) is 0 Å². The zero-order chi connectivity index (χ0) is 18.6. The molecule has 1 unspecified atom stereocenters. The topological polar surface area (TPSA) is 124 Å². The third-order valence-electron chi connectivity index (χ3n) is 4.37. The van der Waals surface area contributed by atoms with E-state index >= 15 is 0 Å². The monoisotopic (exact) mass is 363 g/mol. The molecular formula is C18H33N7O. The highest BCUT2D eigenvalue weighted by molar-refractivity contribution is 5.75. The summed E-state index contributed by atoms with van der Waals surface area (Å²) in [4.78, 5) is 6.83. The Kier molecular flexibility index (Phi) is 9.19. The van der Waals surface area contributed by atoms with Gasteiger partial charge in [-0.3, -0.25) is 4.90 Å². The quantitative estimate of drug-likeness (QED) is 0.283. The molecule has 1 aromatic carbocycles. The van der Waals surface area contributed by atoms with E-state index in [1.807, 2.05) is 12.1 Å². The van der Waals surface area contributed by atoms with E-state index in [1.54, 1.807) is 12.1 Å². The first-order valence-electron chi connectivity index (χ1n) is 9.34. The Morgan fingerprint density at radius 2 is 1.50 bits per heavy atom. The highest BCUT2D eigenvalue weighted by Crippen LogP contribution is 2.13. The second kappa shape index (κ2) is 11.7. The second-order valence-electron chi connectivity index (χ2n) is 6.63. The lowest BCUT2D eigenvalue weighted by molar-refractivity contribution is 0.254. The molecule has 1 atom stereocenters. The van der Waals surface area contributed by atoms with Gasteiger partial charge in [-0.2, -0.15) is 0 Å². The smallest absolute Gasteiger partial charge is 0.186 e. The molecule has 1 aliphatic rings.